The Kier molecular flexibility index (Phi) is 10.3. The second-order valence-electron chi connectivity index (χ2n) is 6.30. The first-order valence-electron chi connectivity index (χ1n) is 9.37. The minimum atomic E-state index is -4.59. The number of carbonyl (C=O) groups excluding carboxylic acids is 2. The quantitative estimate of drug-likeness (QED) is 0.109. The van der Waals surface area contributed by atoms with Crippen LogP contribution in [0.2, 0.25) is 5.02 Å². The molecule has 2 aromatic rings. The fraction of sp³-hybridized carbons (Fsp3) is 0.300. The molecule has 0 fully saturated rings. The average Bonchev–Trinajstić information content (AvgIpc) is 2.75. The highest BCUT2D eigenvalue weighted by Crippen LogP contribution is 2.37. The van der Waals surface area contributed by atoms with Crippen molar-refractivity contribution in [1.82, 2.24) is 0 Å². The van der Waals surface area contributed by atoms with Gasteiger partial charge in [0.2, 0.25) is 0 Å². The van der Waals surface area contributed by atoms with Gasteiger partial charge in [0.05, 0.1) is 15.5 Å². The third-order valence-electron chi connectivity index (χ3n) is 3.83. The molecule has 2 aromatic carbocycles. The molecule has 0 saturated carbocycles. The van der Waals surface area contributed by atoms with Gasteiger partial charge in [-0.25, -0.2) is 4.79 Å². The highest BCUT2D eigenvalue weighted by Gasteiger charge is 2.31. The maximum absolute atomic E-state index is 12.8. The van der Waals surface area contributed by atoms with Gasteiger partial charge in [0, 0.05) is 30.6 Å². The Morgan fingerprint density at radius 3 is 2.26 bits per heavy atom. The van der Waals surface area contributed by atoms with E-state index < -0.39 is 33.9 Å². The molecule has 0 saturated heterocycles. The van der Waals surface area contributed by atoms with Crippen LogP contribution < -0.4 is 4.74 Å². The number of ether oxygens (including phenoxy) is 3. The van der Waals surface area contributed by atoms with Crippen molar-refractivity contribution in [1.29, 1.82) is 0 Å². The lowest BCUT2D eigenvalue weighted by molar-refractivity contribution is -0.385. The van der Waals surface area contributed by atoms with Gasteiger partial charge in [0.1, 0.15) is 30.3 Å². The van der Waals surface area contributed by atoms with Crippen molar-refractivity contribution in [2.75, 3.05) is 24.7 Å². The molecule has 14 heteroatoms. The van der Waals surface area contributed by atoms with Crippen LogP contribution in [0.5, 0.6) is 11.5 Å². The highest BCUT2D eigenvalue weighted by molar-refractivity contribution is 8.76. The Balaban J connectivity index is 2.02. The molecular formula is C20H17ClF3NO7S2. The number of carbonyl (C=O) groups is 2. The summed E-state index contributed by atoms with van der Waals surface area (Å²) in [6.45, 7) is 1.50. The lowest BCUT2D eigenvalue weighted by Gasteiger charge is -2.12. The largest absolute Gasteiger partial charge is 0.465 e. The summed E-state index contributed by atoms with van der Waals surface area (Å²) in [5, 5.41) is 11.0. The molecule has 0 atom stereocenters. The lowest BCUT2D eigenvalue weighted by Crippen LogP contribution is -2.10. The van der Waals surface area contributed by atoms with Crippen LogP contribution in [-0.4, -0.2) is 41.6 Å². The van der Waals surface area contributed by atoms with Crippen molar-refractivity contribution >= 4 is 50.8 Å². The van der Waals surface area contributed by atoms with Crippen LogP contribution in [0.1, 0.15) is 22.8 Å². The monoisotopic (exact) mass is 539 g/mol. The summed E-state index contributed by atoms with van der Waals surface area (Å²) in [5.41, 5.74) is -1.89. The molecule has 0 aliphatic carbocycles. The predicted octanol–water partition coefficient (Wildman–Crippen LogP) is 6.16. The Bertz CT molecular complexity index is 1050. The van der Waals surface area contributed by atoms with E-state index in [1.54, 1.807) is 0 Å². The summed E-state index contributed by atoms with van der Waals surface area (Å²) in [5.74, 6) is -0.634. The topological polar surface area (TPSA) is 105 Å². The smallest absolute Gasteiger partial charge is 0.416 e. The zero-order valence-corrected chi connectivity index (χ0v) is 19.8. The van der Waals surface area contributed by atoms with Crippen molar-refractivity contribution in [2.24, 2.45) is 0 Å². The van der Waals surface area contributed by atoms with Gasteiger partial charge in [-0.05, 0) is 24.3 Å². The van der Waals surface area contributed by atoms with Crippen LogP contribution in [0, 0.1) is 10.1 Å². The number of nitrogens with zero attached hydrogens (tertiary/aromatic N) is 1. The minimum absolute atomic E-state index is 0.0446. The summed E-state index contributed by atoms with van der Waals surface area (Å²) >= 11 is 5.86. The van der Waals surface area contributed by atoms with Crippen molar-refractivity contribution in [3.05, 3.63) is 62.7 Å². The minimum Gasteiger partial charge on any atom is -0.465 e. The first-order valence-corrected chi connectivity index (χ1v) is 12.2. The third kappa shape index (κ3) is 8.61. The van der Waals surface area contributed by atoms with Gasteiger partial charge in [-0.2, -0.15) is 13.2 Å². The highest BCUT2D eigenvalue weighted by atomic mass is 35.5. The van der Waals surface area contributed by atoms with Crippen LogP contribution in [-0.2, 0) is 20.4 Å². The molecule has 0 aliphatic heterocycles. The molecule has 8 nitrogen and oxygen atoms in total. The first-order chi connectivity index (χ1) is 16.0. The maximum atomic E-state index is 12.8. The summed E-state index contributed by atoms with van der Waals surface area (Å²) in [6.07, 6.45) is -4.59. The number of alkyl halides is 3. The van der Waals surface area contributed by atoms with Gasteiger partial charge >= 0.3 is 18.1 Å². The molecule has 34 heavy (non-hydrogen) atoms. The van der Waals surface area contributed by atoms with E-state index in [0.29, 0.717) is 17.6 Å². The molecule has 0 radical (unpaired) electrons. The zero-order chi connectivity index (χ0) is 25.3. The standard InChI is InChI=1S/C20H17ClF3NO7S2/c1-12(26)30-6-8-33-34-9-7-31-19(27)15-11-14(3-4-17(15)25(28)29)32-18-5-2-13(10-16(18)21)20(22,23)24/h2-5,10-11H,6-9H2,1H3. The van der Waals surface area contributed by atoms with E-state index in [0.717, 1.165) is 24.3 Å². The molecule has 0 heterocycles. The summed E-state index contributed by atoms with van der Waals surface area (Å²) in [7, 11) is 2.75. The zero-order valence-electron chi connectivity index (χ0n) is 17.4. The number of benzene rings is 2. The summed E-state index contributed by atoms with van der Waals surface area (Å²) in [4.78, 5) is 33.6. The number of hydrogen-bond donors (Lipinski definition) is 0. The summed E-state index contributed by atoms with van der Waals surface area (Å²) < 4.78 is 53.6. The van der Waals surface area contributed by atoms with Gasteiger partial charge in [-0.15, -0.1) is 0 Å². The molecule has 2 rings (SSSR count). The van der Waals surface area contributed by atoms with Crippen molar-refractivity contribution in [2.45, 2.75) is 13.1 Å². The van der Waals surface area contributed by atoms with E-state index in [2.05, 4.69) is 0 Å². The second kappa shape index (κ2) is 12.7. The normalized spacial score (nSPS) is 11.1. The predicted molar refractivity (Wildman–Crippen MR) is 121 cm³/mol. The van der Waals surface area contributed by atoms with Crippen molar-refractivity contribution in [3.63, 3.8) is 0 Å². The number of nitro groups is 1. The first kappa shape index (κ1) is 27.6. The van der Waals surface area contributed by atoms with Crippen LogP contribution >= 0.6 is 33.2 Å². The van der Waals surface area contributed by atoms with E-state index in [1.165, 1.54) is 34.6 Å². The fourth-order valence-electron chi connectivity index (χ4n) is 2.37. The fourth-order valence-corrected chi connectivity index (χ4v) is 4.24. The second-order valence-corrected chi connectivity index (χ2v) is 9.41. The van der Waals surface area contributed by atoms with E-state index >= 15 is 0 Å². The number of esters is 2. The van der Waals surface area contributed by atoms with Gasteiger partial charge in [-0.3, -0.25) is 14.9 Å². The number of nitro benzene ring substituents is 1. The van der Waals surface area contributed by atoms with Crippen LogP contribution in [0.25, 0.3) is 0 Å². The van der Waals surface area contributed by atoms with E-state index in [-0.39, 0.29) is 35.7 Å². The molecule has 0 N–H and O–H groups in total. The molecule has 0 aliphatic rings. The maximum Gasteiger partial charge on any atom is 0.416 e. The Morgan fingerprint density at radius 1 is 1.06 bits per heavy atom. The van der Waals surface area contributed by atoms with Gasteiger partial charge in [-0.1, -0.05) is 33.2 Å². The molecule has 0 amide bonds. The Hall–Kier alpha value is -2.64. The molecule has 0 unspecified atom stereocenters. The van der Waals surface area contributed by atoms with Crippen molar-refractivity contribution in [3.8, 4) is 11.5 Å². The Morgan fingerprint density at radius 2 is 1.71 bits per heavy atom. The van der Waals surface area contributed by atoms with E-state index in [1.807, 2.05) is 0 Å². The Labute approximate surface area is 204 Å². The lowest BCUT2D eigenvalue weighted by atomic mass is 10.1. The van der Waals surface area contributed by atoms with Gasteiger partial charge < -0.3 is 14.2 Å². The molecule has 0 spiro atoms. The SMILES string of the molecule is CC(=O)OCCSSCCOC(=O)c1cc(Oc2ccc(C(F)(F)F)cc2Cl)ccc1[N+](=O)[O-]. The van der Waals surface area contributed by atoms with Crippen LogP contribution in [0.3, 0.4) is 0 Å². The number of rotatable bonds is 11. The molecular weight excluding hydrogens is 523 g/mol. The van der Waals surface area contributed by atoms with Crippen molar-refractivity contribution < 1.29 is 41.9 Å². The van der Waals surface area contributed by atoms with Crippen LogP contribution in [0.15, 0.2) is 36.4 Å². The number of hydrogen-bond acceptors (Lipinski definition) is 9. The third-order valence-corrected chi connectivity index (χ3v) is 6.46. The number of halogens is 4. The average molecular weight is 540 g/mol. The molecule has 0 aromatic heterocycles. The van der Waals surface area contributed by atoms with E-state index in [9.17, 15) is 32.9 Å². The van der Waals surface area contributed by atoms with Gasteiger partial charge in [0.25, 0.3) is 5.69 Å². The van der Waals surface area contributed by atoms with E-state index in [4.69, 9.17) is 25.8 Å². The molecule has 184 valence electrons. The van der Waals surface area contributed by atoms with Crippen LogP contribution in [0.4, 0.5) is 18.9 Å². The van der Waals surface area contributed by atoms with Gasteiger partial charge in [0.15, 0.2) is 0 Å². The summed E-state index contributed by atoms with van der Waals surface area (Å²) in [6, 6.07) is 5.70. The molecule has 0 bridgehead atoms.